The number of fused-ring (bicyclic) bond motifs is 4. The molecule has 226 valence electrons. The van der Waals surface area contributed by atoms with Crippen LogP contribution in [0.3, 0.4) is 0 Å². The van der Waals surface area contributed by atoms with Crippen molar-refractivity contribution >= 4 is 45.5 Å². The van der Waals surface area contributed by atoms with Crippen molar-refractivity contribution in [1.82, 2.24) is 24.6 Å². The van der Waals surface area contributed by atoms with E-state index in [1.54, 1.807) is 0 Å². The van der Waals surface area contributed by atoms with Gasteiger partial charge in [0.1, 0.15) is 5.15 Å². The van der Waals surface area contributed by atoms with Crippen LogP contribution >= 0.6 is 11.6 Å². The maximum absolute atomic E-state index is 10.5. The first-order valence-corrected chi connectivity index (χ1v) is 15.8. The number of piperidine rings is 1. The Kier molecular flexibility index (Phi) is 8.06. The normalized spacial score (nSPS) is 17.0. The van der Waals surface area contributed by atoms with Crippen LogP contribution in [0.1, 0.15) is 71.3 Å². The molecule has 44 heavy (non-hydrogen) atoms. The van der Waals surface area contributed by atoms with Gasteiger partial charge in [0.05, 0.1) is 30.3 Å². The summed E-state index contributed by atoms with van der Waals surface area (Å²) >= 11 is 6.31. The van der Waals surface area contributed by atoms with Gasteiger partial charge in [-0.15, -0.1) is 0 Å². The summed E-state index contributed by atoms with van der Waals surface area (Å²) < 4.78 is 7.70. The van der Waals surface area contributed by atoms with Crippen molar-refractivity contribution in [3.63, 3.8) is 0 Å². The zero-order valence-corrected chi connectivity index (χ0v) is 26.0. The van der Waals surface area contributed by atoms with Gasteiger partial charge in [0.25, 0.3) is 0 Å². The Bertz CT molecular complexity index is 1820. The van der Waals surface area contributed by atoms with Crippen molar-refractivity contribution in [2.24, 2.45) is 0 Å². The molecule has 8 rings (SSSR count). The van der Waals surface area contributed by atoms with Crippen molar-refractivity contribution in [2.75, 3.05) is 25.5 Å². The molecule has 2 aromatic carbocycles. The third kappa shape index (κ3) is 5.94. The van der Waals surface area contributed by atoms with Crippen molar-refractivity contribution in [1.29, 1.82) is 0 Å². The van der Waals surface area contributed by atoms with Gasteiger partial charge in [0.15, 0.2) is 0 Å². The van der Waals surface area contributed by atoms with E-state index in [9.17, 15) is 4.79 Å². The molecule has 0 radical (unpaired) electrons. The molecule has 1 saturated carbocycles. The average molecular weight is 609 g/mol. The number of benzene rings is 2. The summed E-state index contributed by atoms with van der Waals surface area (Å²) in [6, 6.07) is 17.2. The molecular weight excluding hydrogens is 572 g/mol. The minimum atomic E-state index is 0.487. The molecule has 5 heterocycles. The number of carbonyl (C=O) groups excluding carboxylic acids is 1. The Hall–Kier alpha value is -3.85. The summed E-state index contributed by atoms with van der Waals surface area (Å²) in [5.41, 5.74) is 9.83. The highest BCUT2D eigenvalue weighted by atomic mass is 35.5. The third-order valence-corrected chi connectivity index (χ3v) is 9.48. The van der Waals surface area contributed by atoms with Gasteiger partial charge >= 0.3 is 0 Å². The summed E-state index contributed by atoms with van der Waals surface area (Å²) in [5, 5.41) is 10.3. The molecule has 0 spiro atoms. The number of hydrogen-bond donors (Lipinski definition) is 1. The summed E-state index contributed by atoms with van der Waals surface area (Å²) in [5.74, 6) is 0.704. The van der Waals surface area contributed by atoms with E-state index in [4.69, 9.17) is 21.4 Å². The third-order valence-electron chi connectivity index (χ3n) is 9.17. The van der Waals surface area contributed by atoms with E-state index in [0.29, 0.717) is 36.7 Å². The highest BCUT2D eigenvalue weighted by Gasteiger charge is 2.25. The van der Waals surface area contributed by atoms with Gasteiger partial charge in [-0.1, -0.05) is 29.8 Å². The number of nitrogens with zero attached hydrogens (tertiary/aromatic N) is 5. The number of nitrogens with one attached hydrogen (secondary N) is 1. The van der Waals surface area contributed by atoms with Gasteiger partial charge in [-0.2, -0.15) is 5.10 Å². The van der Waals surface area contributed by atoms with Crippen LogP contribution in [0, 0.1) is 6.92 Å². The van der Waals surface area contributed by atoms with Crippen LogP contribution in [0.2, 0.25) is 5.15 Å². The van der Waals surface area contributed by atoms with Crippen LogP contribution in [-0.2, 0) is 29.2 Å². The lowest BCUT2D eigenvalue weighted by Gasteiger charge is -2.29. The number of rotatable bonds is 6. The number of likely N-dealkylation sites (tertiary alicyclic amines) is 1. The fourth-order valence-corrected chi connectivity index (χ4v) is 6.71. The second kappa shape index (κ2) is 12.3. The number of carbonyl (C=O) groups is 1. The summed E-state index contributed by atoms with van der Waals surface area (Å²) in [4.78, 5) is 22.1. The molecule has 1 aliphatic carbocycles. The fourth-order valence-electron chi connectivity index (χ4n) is 6.45. The summed E-state index contributed by atoms with van der Waals surface area (Å²) in [7, 11) is 2.17. The zero-order valence-electron chi connectivity index (χ0n) is 25.2. The van der Waals surface area contributed by atoms with E-state index in [-0.39, 0.29) is 0 Å². The minimum Gasteiger partial charge on any atom is -0.372 e. The Morgan fingerprint density at radius 2 is 1.73 bits per heavy atom. The Morgan fingerprint density at radius 3 is 2.48 bits per heavy atom. The lowest BCUT2D eigenvalue weighted by molar-refractivity contribution is -0.105. The highest BCUT2D eigenvalue weighted by molar-refractivity contribution is 6.30. The fraction of sp³-hybridized carbons (Fsp3) is 0.371. The van der Waals surface area contributed by atoms with E-state index in [1.165, 1.54) is 46.3 Å². The van der Waals surface area contributed by atoms with Gasteiger partial charge in [-0.3, -0.25) is 14.5 Å². The maximum atomic E-state index is 10.5. The molecule has 8 nitrogen and oxygen atoms in total. The number of hydrogen-bond acceptors (Lipinski definition) is 6. The van der Waals surface area contributed by atoms with E-state index in [1.807, 2.05) is 24.4 Å². The quantitative estimate of drug-likeness (QED) is 0.166. The van der Waals surface area contributed by atoms with Crippen molar-refractivity contribution in [3.8, 4) is 0 Å². The largest absolute Gasteiger partial charge is 0.372 e. The monoisotopic (exact) mass is 608 g/mol. The molecule has 9 heteroatoms. The molecule has 3 aliphatic rings. The number of ether oxygens (including phenoxy) is 1. The topological polar surface area (TPSA) is 85.2 Å². The zero-order chi connectivity index (χ0) is 30.2. The van der Waals surface area contributed by atoms with E-state index >= 15 is 0 Å². The van der Waals surface area contributed by atoms with Crippen LogP contribution in [0.15, 0.2) is 54.7 Å². The lowest BCUT2D eigenvalue weighted by Crippen LogP contribution is -2.32. The molecule has 1 amide bonds. The molecule has 0 bridgehead atoms. The summed E-state index contributed by atoms with van der Waals surface area (Å²) in [6.45, 7) is 5.56. The molecule has 5 aromatic rings. The SMILES string of the molecule is Cc1c2ccc(NC=O)cc2nn1C1CCN(C)CC1.Clc1nc2cc(Cc3ccc(C4CC4)nc3)ccc2c2c1COC2. The number of anilines is 1. The van der Waals surface area contributed by atoms with Crippen molar-refractivity contribution < 1.29 is 9.53 Å². The van der Waals surface area contributed by atoms with Crippen LogP contribution in [-0.4, -0.2) is 51.2 Å². The standard InChI is InChI=1S/C20H17ClN2O.C15H20N4O/c21-20-17-11-24-10-16(17)15-5-1-12(8-19(15)23-20)7-13-2-6-18(22-9-13)14-3-4-14;1-11-14-4-3-12(16-10-20)9-15(14)17-19(11)13-5-7-18(2)8-6-13/h1-2,5-6,8-9,14H,3-4,7,10-11H2;3-4,9-10,13H,5-8H2,1-2H3,(H,16,20). The molecule has 1 saturated heterocycles. The second-order valence-corrected chi connectivity index (χ2v) is 12.7. The first-order chi connectivity index (χ1) is 21.5. The molecular formula is C35H37ClN6O2. The van der Waals surface area contributed by atoms with Crippen LogP contribution < -0.4 is 5.32 Å². The van der Waals surface area contributed by atoms with Crippen LogP contribution in [0.4, 0.5) is 5.69 Å². The molecule has 0 unspecified atom stereocenters. The average Bonchev–Trinajstić information content (AvgIpc) is 3.66. The Balaban J connectivity index is 0.000000145. The van der Waals surface area contributed by atoms with Gasteiger partial charge in [-0.25, -0.2) is 4.98 Å². The molecule has 0 atom stereocenters. The predicted octanol–water partition coefficient (Wildman–Crippen LogP) is 6.96. The number of aromatic nitrogens is 4. The minimum absolute atomic E-state index is 0.487. The van der Waals surface area contributed by atoms with Gasteiger partial charge in [0, 0.05) is 45.5 Å². The number of aryl methyl sites for hydroxylation is 1. The first-order valence-electron chi connectivity index (χ1n) is 15.5. The van der Waals surface area contributed by atoms with E-state index < -0.39 is 0 Å². The number of halogens is 1. The van der Waals surface area contributed by atoms with E-state index in [2.05, 4.69) is 69.2 Å². The Morgan fingerprint density at radius 1 is 0.955 bits per heavy atom. The van der Waals surface area contributed by atoms with Gasteiger partial charge in [-0.05, 0) is 106 Å². The predicted molar refractivity (Wildman–Crippen MR) is 174 cm³/mol. The highest BCUT2D eigenvalue weighted by Crippen LogP contribution is 2.39. The van der Waals surface area contributed by atoms with Gasteiger partial charge in [0.2, 0.25) is 6.41 Å². The lowest BCUT2D eigenvalue weighted by atomic mass is 10.0. The molecule has 2 aliphatic heterocycles. The smallest absolute Gasteiger partial charge is 0.211 e. The second-order valence-electron chi connectivity index (χ2n) is 12.3. The van der Waals surface area contributed by atoms with Crippen molar-refractivity contribution in [3.05, 3.63) is 93.5 Å². The molecule has 2 fully saturated rings. The molecule has 1 N–H and O–H groups in total. The molecule has 3 aromatic heterocycles. The first kappa shape index (κ1) is 28.9. The number of pyridine rings is 2. The maximum Gasteiger partial charge on any atom is 0.211 e. The van der Waals surface area contributed by atoms with Crippen molar-refractivity contribution in [2.45, 2.75) is 64.2 Å². The Labute approximate surface area is 262 Å². The summed E-state index contributed by atoms with van der Waals surface area (Å²) in [6.07, 6.45) is 8.43. The van der Waals surface area contributed by atoms with E-state index in [0.717, 1.165) is 60.0 Å². The van der Waals surface area contributed by atoms with Crippen LogP contribution in [0.5, 0.6) is 0 Å². The van der Waals surface area contributed by atoms with Crippen LogP contribution in [0.25, 0.3) is 21.8 Å². The van der Waals surface area contributed by atoms with Gasteiger partial charge < -0.3 is 15.0 Å². The number of amides is 1.